The third-order valence-corrected chi connectivity index (χ3v) is 10.1. The maximum atomic E-state index is 6.63. The Balaban J connectivity index is 0.00000384. The minimum Gasteiger partial charge on any atom is -0.509 e. The first-order valence-electron chi connectivity index (χ1n) is 17.9. The van der Waals surface area contributed by atoms with Gasteiger partial charge in [0.15, 0.2) is 11.4 Å². The van der Waals surface area contributed by atoms with E-state index >= 15 is 0 Å². The molecule has 9 heteroatoms. The SMILES string of the molecule is CC(C)(C)c1cc[c-]c2c1nc1n(-c3ccccc3)c3ccc(Oc4[c-]c5c(cc4)n(-c4ccccc4)c4nc6c(C(C)(C)C)ccnc6n54)[c-]c3n21.[Pt]. The van der Waals surface area contributed by atoms with Crippen molar-refractivity contribution in [2.24, 2.45) is 0 Å². The van der Waals surface area contributed by atoms with Gasteiger partial charge in [0, 0.05) is 50.1 Å². The third-order valence-electron chi connectivity index (χ3n) is 10.1. The Hall–Kier alpha value is -5.72. The second-order valence-corrected chi connectivity index (χ2v) is 15.7. The van der Waals surface area contributed by atoms with E-state index in [1.54, 1.807) is 0 Å². The van der Waals surface area contributed by atoms with Crippen LogP contribution in [0.5, 0.6) is 11.5 Å². The van der Waals surface area contributed by atoms with Crippen LogP contribution < -0.4 is 4.74 Å². The molecule has 8 nitrogen and oxygen atoms in total. The van der Waals surface area contributed by atoms with E-state index in [1.807, 2.05) is 60.8 Å². The molecule has 0 atom stereocenters. The van der Waals surface area contributed by atoms with Crippen molar-refractivity contribution in [3.05, 3.63) is 139 Å². The van der Waals surface area contributed by atoms with Crippen LogP contribution in [0.4, 0.5) is 0 Å². The van der Waals surface area contributed by atoms with Crippen molar-refractivity contribution >= 4 is 55.8 Å². The molecule has 10 aromatic rings. The largest absolute Gasteiger partial charge is 0.509 e. The summed E-state index contributed by atoms with van der Waals surface area (Å²) in [6, 6.07) is 45.6. The second kappa shape index (κ2) is 12.2. The van der Waals surface area contributed by atoms with Crippen molar-refractivity contribution in [1.82, 2.24) is 32.9 Å². The predicted octanol–water partition coefficient (Wildman–Crippen LogP) is 10.4. The van der Waals surface area contributed by atoms with Crippen LogP contribution in [-0.4, -0.2) is 32.9 Å². The molecule has 5 aromatic carbocycles. The van der Waals surface area contributed by atoms with Crippen LogP contribution in [0.2, 0.25) is 0 Å². The number of para-hydroxylation sites is 2. The summed E-state index contributed by atoms with van der Waals surface area (Å²) in [5.41, 5.74) is 11.2. The fourth-order valence-corrected chi connectivity index (χ4v) is 7.63. The molecule has 54 heavy (non-hydrogen) atoms. The number of hydrogen-bond donors (Lipinski definition) is 0. The van der Waals surface area contributed by atoms with Gasteiger partial charge in [-0.25, -0.2) is 9.97 Å². The number of nitrogens with zero attached hydrogens (tertiary/aromatic N) is 7. The van der Waals surface area contributed by atoms with E-state index in [4.69, 9.17) is 19.7 Å². The van der Waals surface area contributed by atoms with Crippen molar-refractivity contribution in [2.75, 3.05) is 0 Å². The molecule has 10 rings (SSSR count). The van der Waals surface area contributed by atoms with Gasteiger partial charge in [-0.2, -0.15) is 18.2 Å². The van der Waals surface area contributed by atoms with Crippen molar-refractivity contribution in [3.63, 3.8) is 0 Å². The molecule has 0 radical (unpaired) electrons. The van der Waals surface area contributed by atoms with Crippen LogP contribution in [0, 0.1) is 18.2 Å². The first-order chi connectivity index (χ1) is 25.6. The minimum atomic E-state index is -0.113. The normalized spacial score (nSPS) is 12.5. The summed E-state index contributed by atoms with van der Waals surface area (Å²) in [5, 5.41) is 0. The predicted molar refractivity (Wildman–Crippen MR) is 211 cm³/mol. The molecule has 0 saturated carbocycles. The Morgan fingerprint density at radius 2 is 1.07 bits per heavy atom. The molecular formula is C45H36N7OPt-3. The van der Waals surface area contributed by atoms with E-state index in [2.05, 4.69) is 126 Å². The number of ether oxygens (including phenoxy) is 1. The van der Waals surface area contributed by atoms with Crippen LogP contribution >= 0.6 is 0 Å². The zero-order chi connectivity index (χ0) is 36.2. The van der Waals surface area contributed by atoms with Gasteiger partial charge in [-0.1, -0.05) is 77.9 Å². The zero-order valence-electron chi connectivity index (χ0n) is 30.7. The third kappa shape index (κ3) is 5.11. The van der Waals surface area contributed by atoms with Crippen molar-refractivity contribution in [1.29, 1.82) is 0 Å². The van der Waals surface area contributed by atoms with Gasteiger partial charge in [-0.3, -0.25) is 9.38 Å². The molecule has 5 aromatic heterocycles. The van der Waals surface area contributed by atoms with E-state index in [0.717, 1.165) is 72.8 Å². The molecule has 0 fully saturated rings. The molecule has 0 aliphatic carbocycles. The monoisotopic (exact) mass is 885 g/mol. The first kappa shape index (κ1) is 34.1. The number of hydrogen-bond acceptors (Lipinski definition) is 4. The van der Waals surface area contributed by atoms with Crippen LogP contribution in [0.1, 0.15) is 52.7 Å². The van der Waals surface area contributed by atoms with Crippen LogP contribution in [0.15, 0.2) is 109 Å². The molecule has 5 heterocycles. The summed E-state index contributed by atoms with van der Waals surface area (Å²) in [4.78, 5) is 15.3. The summed E-state index contributed by atoms with van der Waals surface area (Å²) in [5.74, 6) is 2.70. The maximum absolute atomic E-state index is 6.63. The first-order valence-corrected chi connectivity index (χ1v) is 17.9. The minimum absolute atomic E-state index is 0. The Bertz CT molecular complexity index is 2840. The molecule has 0 bridgehead atoms. The standard InChI is InChI=1S/C45H36N7O.Pt/c1-44(2,3)32-18-13-19-36-39(32)47-42-49(28-14-9-7-10-15-28)34-22-20-30(26-37(34)51(36)42)53-31-21-23-35-38(27-31)52-41-40(33(24-25-46-41)45(4,5)6)48-43(52)50(35)29-16-11-8-12-17-29;/h7-18,20-25H,1-6H3;/q-3;. The topological polar surface area (TPSA) is 66.6 Å². The quantitative estimate of drug-likeness (QED) is 0.165. The van der Waals surface area contributed by atoms with Gasteiger partial charge < -0.3 is 18.3 Å². The van der Waals surface area contributed by atoms with Gasteiger partial charge in [0.2, 0.25) is 5.78 Å². The molecule has 0 aliphatic rings. The van der Waals surface area contributed by atoms with Gasteiger partial charge in [0.1, 0.15) is 5.52 Å². The molecule has 0 spiro atoms. The molecule has 0 unspecified atom stereocenters. The van der Waals surface area contributed by atoms with E-state index in [1.165, 1.54) is 5.56 Å². The molecule has 270 valence electrons. The fourth-order valence-electron chi connectivity index (χ4n) is 7.63. The summed E-state index contributed by atoms with van der Waals surface area (Å²) < 4.78 is 15.2. The van der Waals surface area contributed by atoms with Crippen molar-refractivity contribution < 1.29 is 25.8 Å². The summed E-state index contributed by atoms with van der Waals surface area (Å²) in [7, 11) is 0. The zero-order valence-corrected chi connectivity index (χ0v) is 33.0. The number of pyridine rings is 1. The van der Waals surface area contributed by atoms with Gasteiger partial charge in [-0.05, 0) is 79.8 Å². The van der Waals surface area contributed by atoms with Crippen LogP contribution in [-0.2, 0) is 31.9 Å². The molecular weight excluding hydrogens is 850 g/mol. The van der Waals surface area contributed by atoms with E-state index in [9.17, 15) is 0 Å². The van der Waals surface area contributed by atoms with E-state index in [0.29, 0.717) is 11.5 Å². The van der Waals surface area contributed by atoms with Crippen LogP contribution in [0.3, 0.4) is 0 Å². The second-order valence-electron chi connectivity index (χ2n) is 15.7. The van der Waals surface area contributed by atoms with Crippen molar-refractivity contribution in [2.45, 2.75) is 52.4 Å². The number of imidazole rings is 4. The molecule has 0 N–H and O–H groups in total. The molecule has 0 aliphatic heterocycles. The van der Waals surface area contributed by atoms with Crippen LogP contribution in [0.25, 0.3) is 67.2 Å². The van der Waals surface area contributed by atoms with Gasteiger partial charge in [-0.15, -0.1) is 42.0 Å². The Morgan fingerprint density at radius 3 is 1.65 bits per heavy atom. The average molecular weight is 886 g/mol. The van der Waals surface area contributed by atoms with Gasteiger partial charge in [0.25, 0.3) is 0 Å². The maximum Gasteiger partial charge on any atom is 0.208 e. The number of fused-ring (bicyclic) bond motifs is 10. The Labute approximate surface area is 326 Å². The molecule has 0 saturated heterocycles. The Morgan fingerprint density at radius 1 is 0.556 bits per heavy atom. The van der Waals surface area contributed by atoms with E-state index < -0.39 is 0 Å². The summed E-state index contributed by atoms with van der Waals surface area (Å²) >= 11 is 0. The summed E-state index contributed by atoms with van der Waals surface area (Å²) in [6.45, 7) is 13.3. The molecule has 0 amide bonds. The summed E-state index contributed by atoms with van der Waals surface area (Å²) in [6.07, 6.45) is 1.87. The number of aromatic nitrogens is 7. The number of rotatable bonds is 4. The smallest absolute Gasteiger partial charge is 0.208 e. The van der Waals surface area contributed by atoms with Crippen molar-refractivity contribution in [3.8, 4) is 22.9 Å². The Kier molecular flexibility index (Phi) is 7.67. The number of benzene rings is 5. The van der Waals surface area contributed by atoms with E-state index in [-0.39, 0.29) is 31.9 Å². The van der Waals surface area contributed by atoms with Gasteiger partial charge >= 0.3 is 0 Å². The van der Waals surface area contributed by atoms with Gasteiger partial charge in [0.05, 0.1) is 0 Å². The average Bonchev–Trinajstić information content (AvgIpc) is 3.87. The fraction of sp³-hybridized carbons (Fsp3) is 0.178.